The monoisotopic (exact) mass is 206 g/mol. The molecule has 1 aromatic heterocycles. The van der Waals surface area contributed by atoms with Crippen LogP contribution in [0.2, 0.25) is 0 Å². The van der Waals surface area contributed by atoms with E-state index in [2.05, 4.69) is 4.98 Å². The summed E-state index contributed by atoms with van der Waals surface area (Å²) in [6.07, 6.45) is 1.15. The van der Waals surface area contributed by atoms with Gasteiger partial charge in [-0.15, -0.1) is 0 Å². The molecule has 1 aromatic rings. The van der Waals surface area contributed by atoms with Gasteiger partial charge in [0.15, 0.2) is 5.75 Å². The number of nitrogens with zero attached hydrogens (tertiary/aromatic N) is 2. The van der Waals surface area contributed by atoms with E-state index in [0.29, 0.717) is 12.3 Å². The maximum atomic E-state index is 11.1. The Balaban J connectivity index is 2.80. The third-order valence-corrected chi connectivity index (χ3v) is 1.69. The Morgan fingerprint density at radius 1 is 1.73 bits per heavy atom. The van der Waals surface area contributed by atoms with E-state index in [1.165, 1.54) is 6.07 Å². The third-order valence-electron chi connectivity index (χ3n) is 1.69. The molecule has 0 aliphatic heterocycles. The predicted molar refractivity (Wildman–Crippen MR) is 51.0 cm³/mol. The van der Waals surface area contributed by atoms with Crippen LogP contribution < -0.4 is 0 Å². The van der Waals surface area contributed by atoms with Crippen molar-refractivity contribution in [2.75, 3.05) is 6.61 Å². The number of hydrogen-bond acceptors (Lipinski definition) is 5. The molecule has 0 bridgehead atoms. The smallest absolute Gasteiger partial charge is 0.311 e. The van der Waals surface area contributed by atoms with Crippen LogP contribution in [0.5, 0.6) is 5.75 Å². The number of nitriles is 1. The fourth-order valence-electron chi connectivity index (χ4n) is 1.04. The van der Waals surface area contributed by atoms with Gasteiger partial charge in [-0.2, -0.15) is 5.26 Å². The van der Waals surface area contributed by atoms with Crippen LogP contribution in [0.3, 0.4) is 0 Å². The van der Waals surface area contributed by atoms with Crippen molar-refractivity contribution >= 4 is 5.97 Å². The number of aromatic hydroxyl groups is 1. The maximum absolute atomic E-state index is 11.1. The fourth-order valence-corrected chi connectivity index (χ4v) is 1.04. The van der Waals surface area contributed by atoms with Gasteiger partial charge >= 0.3 is 5.97 Å². The molecule has 5 heteroatoms. The lowest BCUT2D eigenvalue weighted by atomic mass is 10.2. The maximum Gasteiger partial charge on any atom is 0.311 e. The molecule has 0 fully saturated rings. The van der Waals surface area contributed by atoms with Gasteiger partial charge in [0.25, 0.3) is 0 Å². The van der Waals surface area contributed by atoms with E-state index in [1.807, 2.05) is 0 Å². The summed E-state index contributed by atoms with van der Waals surface area (Å²) in [5, 5.41) is 17.8. The molecule has 0 aromatic carbocycles. The van der Waals surface area contributed by atoms with Gasteiger partial charge in [0, 0.05) is 0 Å². The van der Waals surface area contributed by atoms with Crippen molar-refractivity contribution in [3.05, 3.63) is 23.5 Å². The summed E-state index contributed by atoms with van der Waals surface area (Å²) >= 11 is 0. The Kier molecular flexibility index (Phi) is 3.63. The summed E-state index contributed by atoms with van der Waals surface area (Å²) in [7, 11) is 0. The fraction of sp³-hybridized carbons (Fsp3) is 0.300. The lowest BCUT2D eigenvalue weighted by Gasteiger charge is -2.02. The van der Waals surface area contributed by atoms with Gasteiger partial charge in [-0.05, 0) is 13.0 Å². The largest absolute Gasteiger partial charge is 0.505 e. The summed E-state index contributed by atoms with van der Waals surface area (Å²) in [5.41, 5.74) is 0.507. The first kappa shape index (κ1) is 11.0. The number of rotatable bonds is 3. The molecule has 0 saturated carbocycles. The Morgan fingerprint density at radius 3 is 3.07 bits per heavy atom. The SMILES string of the molecule is CCOC(=O)Cc1cc(C#N)c(O)cn1. The average Bonchev–Trinajstić information content (AvgIpc) is 2.21. The van der Waals surface area contributed by atoms with E-state index < -0.39 is 5.97 Å². The summed E-state index contributed by atoms with van der Waals surface area (Å²) < 4.78 is 4.73. The molecule has 0 saturated heterocycles. The molecule has 0 aliphatic rings. The molecule has 0 radical (unpaired) electrons. The Bertz CT molecular complexity index is 410. The molecule has 0 spiro atoms. The van der Waals surface area contributed by atoms with Gasteiger partial charge in [0.2, 0.25) is 0 Å². The zero-order chi connectivity index (χ0) is 11.3. The molecular formula is C10H10N2O3. The topological polar surface area (TPSA) is 83.2 Å². The first-order chi connectivity index (χ1) is 7.17. The first-order valence-corrected chi connectivity index (χ1v) is 4.41. The zero-order valence-corrected chi connectivity index (χ0v) is 8.23. The Hall–Kier alpha value is -2.09. The summed E-state index contributed by atoms with van der Waals surface area (Å²) in [6, 6.07) is 3.17. The van der Waals surface area contributed by atoms with Crippen LogP contribution in [-0.2, 0) is 16.0 Å². The van der Waals surface area contributed by atoms with Crippen molar-refractivity contribution in [2.24, 2.45) is 0 Å². The number of ether oxygens (including phenoxy) is 1. The number of esters is 1. The summed E-state index contributed by atoms with van der Waals surface area (Å²) in [6.45, 7) is 2.02. The highest BCUT2D eigenvalue weighted by atomic mass is 16.5. The standard InChI is InChI=1S/C10H10N2O3/c1-2-15-10(14)4-8-3-7(5-11)9(13)6-12-8/h3,6,13H,2,4H2,1H3. The van der Waals surface area contributed by atoms with Gasteiger partial charge < -0.3 is 9.84 Å². The quantitative estimate of drug-likeness (QED) is 0.738. The molecule has 78 valence electrons. The molecular weight excluding hydrogens is 196 g/mol. The zero-order valence-electron chi connectivity index (χ0n) is 8.23. The van der Waals surface area contributed by atoms with Gasteiger partial charge in [0.1, 0.15) is 6.07 Å². The van der Waals surface area contributed by atoms with Crippen molar-refractivity contribution in [2.45, 2.75) is 13.3 Å². The van der Waals surface area contributed by atoms with Gasteiger partial charge in [0.05, 0.1) is 30.5 Å². The lowest BCUT2D eigenvalue weighted by molar-refractivity contribution is -0.142. The summed E-state index contributed by atoms with van der Waals surface area (Å²) in [5.74, 6) is -0.593. The van der Waals surface area contributed by atoms with Crippen LogP contribution in [-0.4, -0.2) is 22.7 Å². The van der Waals surface area contributed by atoms with E-state index in [-0.39, 0.29) is 17.7 Å². The second kappa shape index (κ2) is 4.96. The summed E-state index contributed by atoms with van der Waals surface area (Å²) in [4.78, 5) is 14.9. The van der Waals surface area contributed by atoms with Crippen LogP contribution in [0.1, 0.15) is 18.2 Å². The molecule has 0 unspecified atom stereocenters. The first-order valence-electron chi connectivity index (χ1n) is 4.41. The van der Waals surface area contributed by atoms with Crippen molar-refractivity contribution in [1.82, 2.24) is 4.98 Å². The highest BCUT2D eigenvalue weighted by Crippen LogP contribution is 2.15. The van der Waals surface area contributed by atoms with Crippen LogP contribution in [0.25, 0.3) is 0 Å². The van der Waals surface area contributed by atoms with Crippen LogP contribution in [0, 0.1) is 11.3 Å². The van der Waals surface area contributed by atoms with Crippen molar-refractivity contribution in [1.29, 1.82) is 5.26 Å². The van der Waals surface area contributed by atoms with Crippen molar-refractivity contribution < 1.29 is 14.6 Å². The van der Waals surface area contributed by atoms with Crippen LogP contribution in [0.15, 0.2) is 12.3 Å². The number of pyridine rings is 1. The van der Waals surface area contributed by atoms with Gasteiger partial charge in [-0.25, -0.2) is 0 Å². The molecule has 0 atom stereocenters. The molecule has 1 heterocycles. The predicted octanol–water partition coefficient (Wildman–Crippen LogP) is 0.764. The second-order valence-corrected chi connectivity index (χ2v) is 2.79. The normalized spacial score (nSPS) is 9.33. The Morgan fingerprint density at radius 2 is 2.47 bits per heavy atom. The minimum absolute atomic E-state index is 0.00278. The molecule has 1 N–H and O–H groups in total. The molecule has 15 heavy (non-hydrogen) atoms. The molecule has 0 aliphatic carbocycles. The number of carbonyl (C=O) groups is 1. The van der Waals surface area contributed by atoms with E-state index in [0.717, 1.165) is 6.20 Å². The third kappa shape index (κ3) is 2.95. The highest BCUT2D eigenvalue weighted by Gasteiger charge is 2.08. The van der Waals surface area contributed by atoms with E-state index in [9.17, 15) is 9.90 Å². The van der Waals surface area contributed by atoms with E-state index >= 15 is 0 Å². The lowest BCUT2D eigenvalue weighted by Crippen LogP contribution is -2.08. The van der Waals surface area contributed by atoms with Crippen molar-refractivity contribution in [3.8, 4) is 11.8 Å². The van der Waals surface area contributed by atoms with Gasteiger partial charge in [-0.1, -0.05) is 0 Å². The minimum atomic E-state index is -0.403. The van der Waals surface area contributed by atoms with Crippen molar-refractivity contribution in [3.63, 3.8) is 0 Å². The second-order valence-electron chi connectivity index (χ2n) is 2.79. The highest BCUT2D eigenvalue weighted by molar-refractivity contribution is 5.72. The van der Waals surface area contributed by atoms with Crippen LogP contribution >= 0.6 is 0 Å². The molecule has 1 rings (SSSR count). The number of hydrogen-bond donors (Lipinski definition) is 1. The average molecular weight is 206 g/mol. The Labute approximate surface area is 86.9 Å². The van der Waals surface area contributed by atoms with E-state index in [4.69, 9.17) is 10.00 Å². The molecule has 5 nitrogen and oxygen atoms in total. The van der Waals surface area contributed by atoms with Gasteiger partial charge in [-0.3, -0.25) is 9.78 Å². The number of aromatic nitrogens is 1. The number of carbonyl (C=O) groups excluding carboxylic acids is 1. The van der Waals surface area contributed by atoms with Crippen LogP contribution in [0.4, 0.5) is 0 Å². The minimum Gasteiger partial charge on any atom is -0.505 e. The van der Waals surface area contributed by atoms with E-state index in [1.54, 1.807) is 13.0 Å². The molecule has 0 amide bonds.